The summed E-state index contributed by atoms with van der Waals surface area (Å²) in [6, 6.07) is 18.6. The fourth-order valence-electron chi connectivity index (χ4n) is 3.43. The molecule has 4 rings (SSSR count). The van der Waals surface area contributed by atoms with Gasteiger partial charge in [-0.15, -0.1) is 0 Å². The number of hydrogen-bond donors (Lipinski definition) is 0. The number of carbonyl (C=O) groups is 1. The molecule has 0 aliphatic carbocycles. The molecule has 6 heteroatoms. The molecule has 2 aromatic rings. The Balaban J connectivity index is 1.36. The summed E-state index contributed by atoms with van der Waals surface area (Å²) in [5.74, 6) is 0.0137. The predicted molar refractivity (Wildman–Crippen MR) is 121 cm³/mol. The number of nitrogens with zero attached hydrogens (tertiary/aromatic N) is 3. The van der Waals surface area contributed by atoms with E-state index in [2.05, 4.69) is 41.0 Å². The number of amides is 1. The minimum atomic E-state index is 0.0137. The van der Waals surface area contributed by atoms with E-state index in [-0.39, 0.29) is 5.91 Å². The number of thiocarbonyl (C=S) groups is 1. The minimum absolute atomic E-state index is 0.0137. The van der Waals surface area contributed by atoms with Crippen LogP contribution in [-0.4, -0.2) is 52.9 Å². The van der Waals surface area contributed by atoms with Crippen molar-refractivity contribution >= 4 is 46.0 Å². The lowest BCUT2D eigenvalue weighted by atomic mass is 10.2. The first kappa shape index (κ1) is 19.2. The molecule has 1 amide bonds. The van der Waals surface area contributed by atoms with E-state index in [1.54, 1.807) is 4.90 Å². The maximum Gasteiger partial charge on any atom is 0.267 e. The van der Waals surface area contributed by atoms with Crippen molar-refractivity contribution in [1.29, 1.82) is 0 Å². The summed E-state index contributed by atoms with van der Waals surface area (Å²) in [6.45, 7) is 6.43. The number of thioether (sulfide) groups is 1. The third kappa shape index (κ3) is 4.29. The summed E-state index contributed by atoms with van der Waals surface area (Å²) < 4.78 is 0.646. The van der Waals surface area contributed by atoms with Gasteiger partial charge in [0.15, 0.2) is 0 Å². The normalized spacial score (nSPS) is 19.7. The molecule has 28 heavy (non-hydrogen) atoms. The quantitative estimate of drug-likeness (QED) is 0.562. The van der Waals surface area contributed by atoms with Crippen molar-refractivity contribution < 1.29 is 4.79 Å². The van der Waals surface area contributed by atoms with Gasteiger partial charge < -0.3 is 4.90 Å². The van der Waals surface area contributed by atoms with Gasteiger partial charge in [-0.3, -0.25) is 14.6 Å². The van der Waals surface area contributed by atoms with Gasteiger partial charge in [0.05, 0.1) is 11.6 Å². The van der Waals surface area contributed by atoms with Crippen molar-refractivity contribution in [3.8, 4) is 0 Å². The molecule has 4 nitrogen and oxygen atoms in total. The summed E-state index contributed by atoms with van der Waals surface area (Å²) >= 11 is 6.88. The van der Waals surface area contributed by atoms with E-state index in [0.717, 1.165) is 31.7 Å². The fourth-order valence-corrected chi connectivity index (χ4v) is 4.67. The molecule has 2 fully saturated rings. The Morgan fingerprint density at radius 2 is 1.68 bits per heavy atom. The Kier molecular flexibility index (Phi) is 5.80. The molecule has 0 aromatic heterocycles. The van der Waals surface area contributed by atoms with E-state index in [4.69, 9.17) is 12.2 Å². The second kappa shape index (κ2) is 8.47. The molecule has 2 aliphatic rings. The monoisotopic (exact) mass is 409 g/mol. The van der Waals surface area contributed by atoms with Crippen LogP contribution in [0.3, 0.4) is 0 Å². The van der Waals surface area contributed by atoms with Gasteiger partial charge in [0.1, 0.15) is 4.32 Å². The standard InChI is InChI=1S/C22H23N3OS2/c1-17-7-9-19(10-8-17)24-13-11-23(12-14-24)16-25-21(26)20(28-22(25)27)15-18-5-3-2-4-6-18/h2-10,15H,11-14,16H2,1H3/b20-15+. The number of carbonyl (C=O) groups excluding carboxylic acids is 1. The highest BCUT2D eigenvalue weighted by Crippen LogP contribution is 2.32. The molecule has 0 spiro atoms. The maximum atomic E-state index is 12.8. The third-order valence-corrected chi connectivity index (χ3v) is 6.46. The van der Waals surface area contributed by atoms with Crippen molar-refractivity contribution in [3.05, 3.63) is 70.6 Å². The second-order valence-electron chi connectivity index (χ2n) is 7.10. The van der Waals surface area contributed by atoms with E-state index in [0.29, 0.717) is 15.9 Å². The lowest BCUT2D eigenvalue weighted by molar-refractivity contribution is -0.123. The Labute approximate surface area is 175 Å². The Bertz CT molecular complexity index is 888. The van der Waals surface area contributed by atoms with Gasteiger partial charge in [-0.2, -0.15) is 0 Å². The molecule has 144 valence electrons. The number of anilines is 1. The molecule has 0 bridgehead atoms. The fraction of sp³-hybridized carbons (Fsp3) is 0.273. The molecule has 0 saturated carbocycles. The van der Waals surface area contributed by atoms with E-state index < -0.39 is 0 Å². The van der Waals surface area contributed by atoms with Crippen LogP contribution in [-0.2, 0) is 4.79 Å². The lowest BCUT2D eigenvalue weighted by Gasteiger charge is -2.37. The molecule has 0 unspecified atom stereocenters. The van der Waals surface area contributed by atoms with Crippen molar-refractivity contribution in [1.82, 2.24) is 9.80 Å². The van der Waals surface area contributed by atoms with E-state index in [1.165, 1.54) is 23.0 Å². The SMILES string of the molecule is Cc1ccc(N2CCN(CN3C(=O)/C(=C\c4ccccc4)SC3=S)CC2)cc1. The van der Waals surface area contributed by atoms with Crippen LogP contribution in [0.5, 0.6) is 0 Å². The minimum Gasteiger partial charge on any atom is -0.369 e. The van der Waals surface area contributed by atoms with Gasteiger partial charge in [-0.05, 0) is 30.7 Å². The van der Waals surface area contributed by atoms with Crippen LogP contribution in [0.15, 0.2) is 59.5 Å². The van der Waals surface area contributed by atoms with Gasteiger partial charge in [0.2, 0.25) is 0 Å². The van der Waals surface area contributed by atoms with Crippen molar-refractivity contribution in [2.45, 2.75) is 6.92 Å². The van der Waals surface area contributed by atoms with Gasteiger partial charge in [0.25, 0.3) is 5.91 Å². The van der Waals surface area contributed by atoms with Crippen LogP contribution in [0, 0.1) is 6.92 Å². The van der Waals surface area contributed by atoms with E-state index >= 15 is 0 Å². The van der Waals surface area contributed by atoms with Gasteiger partial charge in [-0.25, -0.2) is 0 Å². The van der Waals surface area contributed by atoms with Gasteiger partial charge in [-0.1, -0.05) is 72.0 Å². The number of benzene rings is 2. The van der Waals surface area contributed by atoms with Crippen molar-refractivity contribution in [2.75, 3.05) is 37.7 Å². The van der Waals surface area contributed by atoms with Crippen LogP contribution in [0.25, 0.3) is 6.08 Å². The molecule has 2 heterocycles. The maximum absolute atomic E-state index is 12.8. The third-order valence-electron chi connectivity index (χ3n) is 5.08. The summed E-state index contributed by atoms with van der Waals surface area (Å²) in [7, 11) is 0. The molecule has 2 aromatic carbocycles. The lowest BCUT2D eigenvalue weighted by Crippen LogP contribution is -2.50. The highest BCUT2D eigenvalue weighted by Gasteiger charge is 2.33. The van der Waals surface area contributed by atoms with Crippen LogP contribution >= 0.6 is 24.0 Å². The Hall–Kier alpha value is -2.15. The smallest absolute Gasteiger partial charge is 0.267 e. The number of rotatable bonds is 4. The van der Waals surface area contributed by atoms with Crippen LogP contribution in [0.1, 0.15) is 11.1 Å². The summed E-state index contributed by atoms with van der Waals surface area (Å²) in [6.07, 6.45) is 1.93. The van der Waals surface area contributed by atoms with Gasteiger partial charge >= 0.3 is 0 Å². The number of hydrogen-bond acceptors (Lipinski definition) is 5. The molecule has 2 aliphatic heterocycles. The zero-order chi connectivity index (χ0) is 19.5. The van der Waals surface area contributed by atoms with Gasteiger partial charge in [0, 0.05) is 31.9 Å². The first-order valence-corrected chi connectivity index (χ1v) is 10.7. The Morgan fingerprint density at radius 1 is 1.00 bits per heavy atom. The van der Waals surface area contributed by atoms with Crippen LogP contribution in [0.4, 0.5) is 5.69 Å². The Morgan fingerprint density at radius 3 is 2.36 bits per heavy atom. The van der Waals surface area contributed by atoms with Crippen molar-refractivity contribution in [2.24, 2.45) is 0 Å². The largest absolute Gasteiger partial charge is 0.369 e. The molecular weight excluding hydrogens is 386 g/mol. The highest BCUT2D eigenvalue weighted by atomic mass is 32.2. The van der Waals surface area contributed by atoms with Crippen LogP contribution < -0.4 is 4.90 Å². The number of aryl methyl sites for hydroxylation is 1. The predicted octanol–water partition coefficient (Wildman–Crippen LogP) is 3.98. The molecule has 0 N–H and O–H groups in total. The molecule has 0 atom stereocenters. The van der Waals surface area contributed by atoms with E-state index in [1.807, 2.05) is 36.4 Å². The molecule has 2 saturated heterocycles. The second-order valence-corrected chi connectivity index (χ2v) is 8.78. The summed E-state index contributed by atoms with van der Waals surface area (Å²) in [5.41, 5.74) is 3.57. The number of piperazine rings is 1. The topological polar surface area (TPSA) is 26.8 Å². The molecular formula is C22H23N3OS2. The van der Waals surface area contributed by atoms with Crippen LogP contribution in [0.2, 0.25) is 0 Å². The van der Waals surface area contributed by atoms with E-state index in [9.17, 15) is 4.79 Å². The summed E-state index contributed by atoms with van der Waals surface area (Å²) in [5, 5.41) is 0. The zero-order valence-electron chi connectivity index (χ0n) is 15.9. The first-order chi connectivity index (χ1) is 13.6. The first-order valence-electron chi connectivity index (χ1n) is 9.44. The highest BCUT2D eigenvalue weighted by molar-refractivity contribution is 8.26. The average Bonchev–Trinajstić information content (AvgIpc) is 2.97. The van der Waals surface area contributed by atoms with Crippen molar-refractivity contribution in [3.63, 3.8) is 0 Å². The zero-order valence-corrected chi connectivity index (χ0v) is 17.5. The average molecular weight is 410 g/mol. The summed E-state index contributed by atoms with van der Waals surface area (Å²) in [4.78, 5) is 20.0. The molecule has 0 radical (unpaired) electrons.